The van der Waals surface area contributed by atoms with E-state index in [0.29, 0.717) is 43.7 Å². The quantitative estimate of drug-likeness (QED) is 0.140. The predicted octanol–water partition coefficient (Wildman–Crippen LogP) is 3.17. The third kappa shape index (κ3) is 7.74. The van der Waals surface area contributed by atoms with Gasteiger partial charge in [0.25, 0.3) is 5.69 Å². The van der Waals surface area contributed by atoms with Crippen LogP contribution in [0.15, 0.2) is 77.6 Å². The lowest BCUT2D eigenvalue weighted by atomic mass is 9.72. The molecule has 0 saturated carbocycles. The van der Waals surface area contributed by atoms with Gasteiger partial charge in [-0.2, -0.15) is 5.26 Å². The van der Waals surface area contributed by atoms with E-state index in [1.807, 2.05) is 49.4 Å². The highest BCUT2D eigenvalue weighted by Crippen LogP contribution is 2.37. The summed E-state index contributed by atoms with van der Waals surface area (Å²) >= 11 is 0. The summed E-state index contributed by atoms with van der Waals surface area (Å²) in [5, 5.41) is 26.1. The Bertz CT molecular complexity index is 1520. The molecule has 4 N–H and O–H groups in total. The first-order chi connectivity index (χ1) is 21.6. The molecule has 2 aliphatic heterocycles. The molecule has 2 aromatic carbocycles. The fourth-order valence-corrected chi connectivity index (χ4v) is 6.04. The average Bonchev–Trinajstić information content (AvgIpc) is 3.03. The van der Waals surface area contributed by atoms with Crippen LogP contribution in [0.3, 0.4) is 0 Å². The summed E-state index contributed by atoms with van der Waals surface area (Å²) in [6.07, 6.45) is 2.92. The molecule has 2 atom stereocenters. The van der Waals surface area contributed by atoms with Crippen LogP contribution in [-0.2, 0) is 24.5 Å². The van der Waals surface area contributed by atoms with Gasteiger partial charge in [-0.05, 0) is 50.9 Å². The second-order valence-corrected chi connectivity index (χ2v) is 11.4. The monoisotopic (exact) mass is 614 g/mol. The van der Waals surface area contributed by atoms with Gasteiger partial charge in [0.1, 0.15) is 6.61 Å². The number of nitro groups is 1. The standard InChI is InChI=1S/C33H38N6O6/c1-22-19-28(24-9-11-27(12-10-24)39(43)44)29(23(2)37-22)31(41)36-20-25(30(35)40)21-38-16-13-33(14-17-38,26-7-4-3-5-8-26)32(42)45-18-6-15-34/h3-5,7-12,19,25,28,37H,6,13-14,16-18,20-21H2,1-2H3,(H2,35,40)(H,36,41). The zero-order valence-electron chi connectivity index (χ0n) is 25.5. The van der Waals surface area contributed by atoms with Gasteiger partial charge in [-0.3, -0.25) is 24.5 Å². The lowest BCUT2D eigenvalue weighted by Gasteiger charge is -2.41. The normalized spacial score (nSPS) is 18.5. The third-order valence-corrected chi connectivity index (χ3v) is 8.49. The van der Waals surface area contributed by atoms with E-state index in [0.717, 1.165) is 16.8 Å². The predicted molar refractivity (Wildman–Crippen MR) is 166 cm³/mol. The SMILES string of the molecule is CC1=CC(c2ccc([N+](=O)[O-])cc2)C(C(=O)NCC(CN2CCC(C(=O)OCCC#N)(c3ccccc3)CC2)C(N)=O)=C(C)N1. The van der Waals surface area contributed by atoms with Crippen molar-refractivity contribution in [2.45, 2.75) is 44.4 Å². The van der Waals surface area contributed by atoms with E-state index in [9.17, 15) is 24.5 Å². The van der Waals surface area contributed by atoms with Crippen LogP contribution < -0.4 is 16.4 Å². The number of dihydropyridines is 1. The van der Waals surface area contributed by atoms with Gasteiger partial charge in [0, 0.05) is 48.1 Å². The van der Waals surface area contributed by atoms with Gasteiger partial charge in [-0.1, -0.05) is 48.5 Å². The van der Waals surface area contributed by atoms with Crippen molar-refractivity contribution >= 4 is 23.5 Å². The summed E-state index contributed by atoms with van der Waals surface area (Å²) in [6.45, 7) is 5.00. The summed E-state index contributed by atoms with van der Waals surface area (Å²) in [4.78, 5) is 52.0. The highest BCUT2D eigenvalue weighted by Gasteiger charge is 2.44. The summed E-state index contributed by atoms with van der Waals surface area (Å²) in [5.74, 6) is -2.42. The van der Waals surface area contributed by atoms with Crippen LogP contribution in [0.5, 0.6) is 0 Å². The molecule has 2 heterocycles. The number of nitriles is 1. The first-order valence-corrected chi connectivity index (χ1v) is 14.9. The van der Waals surface area contributed by atoms with Crippen LogP contribution in [0, 0.1) is 27.4 Å². The molecule has 0 radical (unpaired) electrons. The van der Waals surface area contributed by atoms with Crippen LogP contribution >= 0.6 is 0 Å². The molecule has 2 amide bonds. The van der Waals surface area contributed by atoms with Gasteiger partial charge in [-0.25, -0.2) is 0 Å². The number of nitro benzene ring substituents is 1. The minimum atomic E-state index is -0.861. The molecule has 0 aromatic heterocycles. The maximum atomic E-state index is 13.5. The number of allylic oxidation sites excluding steroid dienone is 3. The molecule has 2 unspecified atom stereocenters. The lowest BCUT2D eigenvalue weighted by molar-refractivity contribution is -0.384. The molecular formula is C33H38N6O6. The van der Waals surface area contributed by atoms with E-state index in [4.69, 9.17) is 15.7 Å². The Kier molecular flexibility index (Phi) is 10.7. The van der Waals surface area contributed by atoms with Crippen molar-refractivity contribution in [3.8, 4) is 6.07 Å². The second kappa shape index (κ2) is 14.6. The number of ether oxygens (including phenoxy) is 1. The molecule has 45 heavy (non-hydrogen) atoms. The van der Waals surface area contributed by atoms with Crippen LogP contribution in [0.2, 0.25) is 0 Å². The molecule has 1 saturated heterocycles. The van der Waals surface area contributed by atoms with E-state index in [1.165, 1.54) is 12.1 Å². The second-order valence-electron chi connectivity index (χ2n) is 11.4. The van der Waals surface area contributed by atoms with Crippen LogP contribution in [-0.4, -0.2) is 60.4 Å². The number of esters is 1. The van der Waals surface area contributed by atoms with Gasteiger partial charge < -0.3 is 26.0 Å². The fourth-order valence-electron chi connectivity index (χ4n) is 6.04. The molecule has 0 bridgehead atoms. The molecule has 0 spiro atoms. The summed E-state index contributed by atoms with van der Waals surface area (Å²) in [7, 11) is 0. The number of nitrogens with one attached hydrogen (secondary N) is 2. The van der Waals surface area contributed by atoms with Crippen molar-refractivity contribution in [1.29, 1.82) is 5.26 Å². The minimum absolute atomic E-state index is 0.0111. The Morgan fingerprint density at radius 3 is 2.42 bits per heavy atom. The number of nitrogens with zero attached hydrogens (tertiary/aromatic N) is 3. The Balaban J connectivity index is 1.42. The van der Waals surface area contributed by atoms with Gasteiger partial charge in [0.05, 0.1) is 28.7 Å². The van der Waals surface area contributed by atoms with Gasteiger partial charge in [0.15, 0.2) is 0 Å². The first kappa shape index (κ1) is 32.9. The van der Waals surface area contributed by atoms with Crippen molar-refractivity contribution in [2.24, 2.45) is 11.7 Å². The topological polar surface area (TPSA) is 181 Å². The number of primary amides is 1. The zero-order valence-corrected chi connectivity index (χ0v) is 25.5. The Hall–Kier alpha value is -5.02. The molecular weight excluding hydrogens is 576 g/mol. The average molecular weight is 615 g/mol. The van der Waals surface area contributed by atoms with Crippen LogP contribution in [0.25, 0.3) is 0 Å². The van der Waals surface area contributed by atoms with Gasteiger partial charge in [0.2, 0.25) is 11.8 Å². The van der Waals surface area contributed by atoms with Crippen molar-refractivity contribution in [1.82, 2.24) is 15.5 Å². The number of piperidine rings is 1. The number of benzene rings is 2. The third-order valence-electron chi connectivity index (χ3n) is 8.49. The number of carbonyl (C=O) groups excluding carboxylic acids is 3. The zero-order chi connectivity index (χ0) is 32.6. The molecule has 12 nitrogen and oxygen atoms in total. The van der Waals surface area contributed by atoms with E-state index >= 15 is 0 Å². The molecule has 236 valence electrons. The Morgan fingerprint density at radius 1 is 1.16 bits per heavy atom. The summed E-state index contributed by atoms with van der Waals surface area (Å²) in [5.41, 5.74) is 8.37. The van der Waals surface area contributed by atoms with Crippen molar-refractivity contribution < 1.29 is 24.0 Å². The number of amides is 2. The fraction of sp³-hybridized carbons (Fsp3) is 0.394. The first-order valence-electron chi connectivity index (χ1n) is 14.9. The van der Waals surface area contributed by atoms with Gasteiger partial charge in [-0.15, -0.1) is 0 Å². The lowest BCUT2D eigenvalue weighted by Crippen LogP contribution is -2.51. The van der Waals surface area contributed by atoms with E-state index in [2.05, 4.69) is 15.5 Å². The number of hydrogen-bond acceptors (Lipinski definition) is 9. The van der Waals surface area contributed by atoms with E-state index < -0.39 is 28.1 Å². The molecule has 12 heteroatoms. The van der Waals surface area contributed by atoms with Crippen LogP contribution in [0.1, 0.15) is 50.2 Å². The molecule has 4 rings (SSSR count). The van der Waals surface area contributed by atoms with Crippen molar-refractivity contribution in [3.05, 3.63) is 98.9 Å². The maximum Gasteiger partial charge on any atom is 0.316 e. The van der Waals surface area contributed by atoms with E-state index in [-0.39, 0.29) is 37.1 Å². The highest BCUT2D eigenvalue weighted by atomic mass is 16.6. The summed E-state index contributed by atoms with van der Waals surface area (Å²) in [6, 6.07) is 17.5. The minimum Gasteiger partial charge on any atom is -0.464 e. The van der Waals surface area contributed by atoms with Crippen molar-refractivity contribution in [3.63, 3.8) is 0 Å². The molecule has 1 fully saturated rings. The number of nitrogens with two attached hydrogens (primary N) is 1. The van der Waals surface area contributed by atoms with Gasteiger partial charge >= 0.3 is 5.97 Å². The number of rotatable bonds is 12. The molecule has 2 aromatic rings. The number of hydrogen-bond donors (Lipinski definition) is 3. The smallest absolute Gasteiger partial charge is 0.316 e. The number of likely N-dealkylation sites (tertiary alicyclic amines) is 1. The molecule has 2 aliphatic rings. The Morgan fingerprint density at radius 2 is 1.82 bits per heavy atom. The molecule has 0 aliphatic carbocycles. The van der Waals surface area contributed by atoms with Crippen LogP contribution in [0.4, 0.5) is 5.69 Å². The maximum absolute atomic E-state index is 13.5. The van der Waals surface area contributed by atoms with Crippen molar-refractivity contribution in [2.75, 3.05) is 32.8 Å². The number of carbonyl (C=O) groups is 3. The Labute approximate surface area is 262 Å². The largest absolute Gasteiger partial charge is 0.464 e. The van der Waals surface area contributed by atoms with E-state index in [1.54, 1.807) is 19.1 Å². The number of non-ortho nitro benzene ring substituents is 1. The highest BCUT2D eigenvalue weighted by molar-refractivity contribution is 5.97. The summed E-state index contributed by atoms with van der Waals surface area (Å²) < 4.78 is 5.48.